The van der Waals surface area contributed by atoms with Crippen LogP contribution in [0.5, 0.6) is 0 Å². The third-order valence-electron chi connectivity index (χ3n) is 1.37. The van der Waals surface area contributed by atoms with Crippen LogP contribution in [0.2, 0.25) is 0 Å². The van der Waals surface area contributed by atoms with Crippen molar-refractivity contribution in [1.29, 1.82) is 0 Å². The second-order valence-corrected chi connectivity index (χ2v) is 2.36. The third kappa shape index (κ3) is 4.34. The van der Waals surface area contributed by atoms with Crippen LogP contribution >= 0.6 is 0 Å². The highest BCUT2D eigenvalue weighted by molar-refractivity contribution is 5.14. The van der Waals surface area contributed by atoms with Gasteiger partial charge >= 0.3 is 0 Å². The Morgan fingerprint density at radius 3 is 1.67 bits per heavy atom. The fourth-order valence-electron chi connectivity index (χ4n) is 0.799. The number of rotatable bonds is 0. The minimum Gasteiger partial charge on any atom is -0.368 e. The molecule has 1 aliphatic carbocycles. The van der Waals surface area contributed by atoms with Crippen molar-refractivity contribution in [3.8, 4) is 0 Å². The maximum atomic E-state index is 2.92. The first-order valence-corrected chi connectivity index (χ1v) is 4.06. The van der Waals surface area contributed by atoms with Crippen LogP contribution in [-0.2, 0) is 0 Å². The topological polar surface area (TPSA) is 12.0 Å². The van der Waals surface area contributed by atoms with Crippen molar-refractivity contribution in [2.24, 2.45) is 0 Å². The Balaban J connectivity index is 0.000000127. The lowest BCUT2D eigenvalue weighted by Gasteiger charge is -1.79. The van der Waals surface area contributed by atoms with Gasteiger partial charge < -0.3 is 5.32 Å². The Labute approximate surface area is 73.5 Å². The quantitative estimate of drug-likeness (QED) is 0.573. The van der Waals surface area contributed by atoms with Crippen molar-refractivity contribution < 1.29 is 0 Å². The van der Waals surface area contributed by atoms with E-state index >= 15 is 0 Å². The summed E-state index contributed by atoms with van der Waals surface area (Å²) in [4.78, 5) is 0. The molecule has 62 valence electrons. The molecule has 1 heteroatoms. The molecule has 0 aromatic carbocycles. The Morgan fingerprint density at radius 2 is 1.25 bits per heavy atom. The molecule has 1 nitrogen and oxygen atoms in total. The van der Waals surface area contributed by atoms with Gasteiger partial charge in [-0.05, 0) is 18.6 Å². The molecule has 0 aromatic rings. The second kappa shape index (κ2) is 6.23. The molecule has 0 radical (unpaired) electrons. The summed E-state index contributed by atoms with van der Waals surface area (Å²) >= 11 is 0. The van der Waals surface area contributed by atoms with E-state index in [0.717, 1.165) is 6.42 Å². The highest BCUT2D eigenvalue weighted by Gasteiger charge is 1.72. The van der Waals surface area contributed by atoms with Gasteiger partial charge in [0.1, 0.15) is 0 Å². The molecule has 2 aliphatic rings. The van der Waals surface area contributed by atoms with E-state index in [9.17, 15) is 0 Å². The van der Waals surface area contributed by atoms with Crippen LogP contribution in [0.4, 0.5) is 0 Å². The van der Waals surface area contributed by atoms with Crippen molar-refractivity contribution >= 4 is 0 Å². The van der Waals surface area contributed by atoms with Gasteiger partial charge in [-0.1, -0.05) is 36.5 Å². The SMILES string of the molecule is C1=CC=CNC=C1.C1=CCC=C1. The van der Waals surface area contributed by atoms with Gasteiger partial charge in [-0.3, -0.25) is 0 Å². The van der Waals surface area contributed by atoms with Gasteiger partial charge in [0.05, 0.1) is 0 Å². The maximum absolute atomic E-state index is 2.92. The summed E-state index contributed by atoms with van der Waals surface area (Å²) < 4.78 is 0. The van der Waals surface area contributed by atoms with Crippen molar-refractivity contribution in [2.75, 3.05) is 0 Å². The van der Waals surface area contributed by atoms with Gasteiger partial charge in [-0.2, -0.15) is 0 Å². The number of nitrogens with one attached hydrogen (secondary N) is 1. The Kier molecular flexibility index (Phi) is 4.46. The number of allylic oxidation sites excluding steroid dienone is 8. The molecule has 0 amide bonds. The van der Waals surface area contributed by atoms with E-state index in [2.05, 4.69) is 29.6 Å². The first-order valence-electron chi connectivity index (χ1n) is 4.06. The zero-order chi connectivity index (χ0) is 8.49. The predicted molar refractivity (Wildman–Crippen MR) is 53.5 cm³/mol. The summed E-state index contributed by atoms with van der Waals surface area (Å²) in [6.07, 6.45) is 21.1. The van der Waals surface area contributed by atoms with Gasteiger partial charge in [0.25, 0.3) is 0 Å². The van der Waals surface area contributed by atoms with Crippen molar-refractivity contribution in [2.45, 2.75) is 6.42 Å². The summed E-state index contributed by atoms with van der Waals surface area (Å²) in [5, 5.41) is 2.92. The van der Waals surface area contributed by atoms with E-state index < -0.39 is 0 Å². The number of hydrogen-bond acceptors (Lipinski definition) is 1. The Bertz CT molecular complexity index is 218. The number of hydrogen-bond donors (Lipinski definition) is 1. The van der Waals surface area contributed by atoms with E-state index in [4.69, 9.17) is 0 Å². The van der Waals surface area contributed by atoms with Crippen LogP contribution in [0.1, 0.15) is 6.42 Å². The summed E-state index contributed by atoms with van der Waals surface area (Å²) in [5.74, 6) is 0. The summed E-state index contributed by atoms with van der Waals surface area (Å²) in [7, 11) is 0. The zero-order valence-electron chi connectivity index (χ0n) is 6.98. The Morgan fingerprint density at radius 1 is 0.667 bits per heavy atom. The van der Waals surface area contributed by atoms with Crippen molar-refractivity contribution in [1.82, 2.24) is 5.32 Å². The van der Waals surface area contributed by atoms with Gasteiger partial charge in [-0.15, -0.1) is 0 Å². The van der Waals surface area contributed by atoms with E-state index in [-0.39, 0.29) is 0 Å². The molecule has 0 aromatic heterocycles. The lowest BCUT2D eigenvalue weighted by molar-refractivity contribution is 1.20. The van der Waals surface area contributed by atoms with Crippen LogP contribution in [0.3, 0.4) is 0 Å². The van der Waals surface area contributed by atoms with E-state index in [1.807, 2.05) is 36.7 Å². The zero-order valence-corrected chi connectivity index (χ0v) is 6.98. The Hall–Kier alpha value is -1.50. The lowest BCUT2D eigenvalue weighted by Crippen LogP contribution is -1.87. The van der Waals surface area contributed by atoms with Gasteiger partial charge in [0, 0.05) is 12.4 Å². The van der Waals surface area contributed by atoms with E-state index in [1.165, 1.54) is 0 Å². The molecule has 1 heterocycles. The molecule has 1 N–H and O–H groups in total. The largest absolute Gasteiger partial charge is 0.368 e. The van der Waals surface area contributed by atoms with Crippen LogP contribution in [0, 0.1) is 0 Å². The van der Waals surface area contributed by atoms with Gasteiger partial charge in [0.15, 0.2) is 0 Å². The van der Waals surface area contributed by atoms with Gasteiger partial charge in [-0.25, -0.2) is 0 Å². The standard InChI is InChI=1S/C6H7N.C5H6/c1-2-4-6-7-5-3-1;1-2-4-5-3-1/h1-7H;1-4H,5H2. The average Bonchev–Trinajstić information content (AvgIpc) is 2.54. The first kappa shape index (κ1) is 8.60. The normalized spacial score (nSPS) is 16.7. The summed E-state index contributed by atoms with van der Waals surface area (Å²) in [6, 6.07) is 0. The molecule has 2 rings (SSSR count). The third-order valence-corrected chi connectivity index (χ3v) is 1.37. The minimum absolute atomic E-state index is 1.14. The smallest absolute Gasteiger partial charge is 0.000442 e. The molecule has 1 aliphatic heterocycles. The minimum atomic E-state index is 1.14. The first-order chi connectivity index (χ1) is 6.00. The second-order valence-electron chi connectivity index (χ2n) is 2.36. The van der Waals surface area contributed by atoms with Crippen LogP contribution in [0.15, 0.2) is 61.0 Å². The molecule has 0 unspecified atom stereocenters. The fourth-order valence-corrected chi connectivity index (χ4v) is 0.799. The molecule has 0 spiro atoms. The molecular weight excluding hydrogens is 146 g/mol. The molecular formula is C11H13N. The van der Waals surface area contributed by atoms with Crippen molar-refractivity contribution in [3.05, 3.63) is 61.0 Å². The lowest BCUT2D eigenvalue weighted by atomic mass is 10.5. The molecule has 0 bridgehead atoms. The maximum Gasteiger partial charge on any atom is 0.000442 e. The molecule has 0 fully saturated rings. The van der Waals surface area contributed by atoms with Gasteiger partial charge in [0.2, 0.25) is 0 Å². The van der Waals surface area contributed by atoms with E-state index in [1.54, 1.807) is 0 Å². The van der Waals surface area contributed by atoms with Crippen molar-refractivity contribution in [3.63, 3.8) is 0 Å². The summed E-state index contributed by atoms with van der Waals surface area (Å²) in [6.45, 7) is 0. The highest BCUT2D eigenvalue weighted by atomic mass is 14.8. The fraction of sp³-hybridized carbons (Fsp3) is 0.0909. The molecule has 12 heavy (non-hydrogen) atoms. The summed E-state index contributed by atoms with van der Waals surface area (Å²) in [5.41, 5.74) is 0. The monoisotopic (exact) mass is 159 g/mol. The predicted octanol–water partition coefficient (Wildman–Crippen LogP) is 2.68. The molecule has 0 atom stereocenters. The van der Waals surface area contributed by atoms with E-state index in [0.29, 0.717) is 0 Å². The molecule has 0 saturated heterocycles. The molecule has 0 saturated carbocycles. The highest BCUT2D eigenvalue weighted by Crippen LogP contribution is 1.93. The average molecular weight is 159 g/mol. The van der Waals surface area contributed by atoms with Crippen LogP contribution in [0.25, 0.3) is 0 Å². The van der Waals surface area contributed by atoms with Crippen LogP contribution < -0.4 is 5.32 Å². The van der Waals surface area contributed by atoms with Crippen LogP contribution in [-0.4, -0.2) is 0 Å².